The lowest BCUT2D eigenvalue weighted by molar-refractivity contribution is -0.255. The van der Waals surface area contributed by atoms with Crippen molar-refractivity contribution < 1.29 is 14.7 Å². The third kappa shape index (κ3) is 2.82. The van der Waals surface area contributed by atoms with E-state index in [0.717, 1.165) is 16.8 Å². The average Bonchev–Trinajstić information content (AvgIpc) is 3.23. The van der Waals surface area contributed by atoms with Gasteiger partial charge in [0.15, 0.2) is 4.80 Å². The van der Waals surface area contributed by atoms with Gasteiger partial charge in [-0.15, -0.1) is 0 Å². The van der Waals surface area contributed by atoms with Gasteiger partial charge in [-0.3, -0.25) is 14.2 Å². The summed E-state index contributed by atoms with van der Waals surface area (Å²) >= 11 is 1.21. The number of rotatable bonds is 2. The minimum absolute atomic E-state index is 0.0842. The number of hydrogen-bond donors (Lipinski definition) is 1. The van der Waals surface area contributed by atoms with Crippen LogP contribution in [-0.4, -0.2) is 23.1 Å². The molecule has 2 aromatic carbocycles. The topological polar surface area (TPSA) is 107 Å². The molecule has 1 aromatic heterocycles. The number of nitrogens with zero attached hydrogens (tertiary/aromatic N) is 3. The first kappa shape index (κ1) is 18.3. The van der Waals surface area contributed by atoms with Crippen LogP contribution in [0.3, 0.4) is 0 Å². The highest BCUT2D eigenvalue weighted by atomic mass is 32.1. The molecule has 0 saturated carbocycles. The van der Waals surface area contributed by atoms with Gasteiger partial charge >= 0.3 is 0 Å². The van der Waals surface area contributed by atoms with Crippen LogP contribution in [0.5, 0.6) is 0 Å². The molecule has 0 spiro atoms. The van der Waals surface area contributed by atoms with Crippen LogP contribution in [0.15, 0.2) is 52.3 Å². The summed E-state index contributed by atoms with van der Waals surface area (Å²) < 4.78 is 1.90. The van der Waals surface area contributed by atoms with Crippen LogP contribution < -0.4 is 30.2 Å². The molecule has 0 atom stereocenters. The van der Waals surface area contributed by atoms with Gasteiger partial charge < -0.3 is 20.1 Å². The number of benzene rings is 2. The quantitative estimate of drug-likeness (QED) is 0.619. The van der Waals surface area contributed by atoms with Crippen molar-refractivity contribution >= 4 is 40.2 Å². The molecule has 1 N–H and O–H groups in total. The maximum Gasteiger partial charge on any atom is 0.272 e. The lowest BCUT2D eigenvalue weighted by Gasteiger charge is -2.25. The van der Waals surface area contributed by atoms with Crippen LogP contribution in [-0.2, 0) is 11.5 Å². The fourth-order valence-electron chi connectivity index (χ4n) is 3.64. The number of hydrogen-bond acceptors (Lipinski definition) is 7. The van der Waals surface area contributed by atoms with E-state index in [1.54, 1.807) is 12.1 Å². The number of fused-ring (bicyclic) bond motifs is 2. The third-order valence-corrected chi connectivity index (χ3v) is 6.28. The molecule has 0 bridgehead atoms. The number of aryl methyl sites for hydroxylation is 1. The number of carboxylic acids is 1. The second kappa shape index (κ2) is 6.67. The van der Waals surface area contributed by atoms with Crippen molar-refractivity contribution in [2.45, 2.75) is 13.6 Å². The van der Waals surface area contributed by atoms with Crippen molar-refractivity contribution in [2.75, 3.05) is 16.9 Å². The largest absolute Gasteiger partial charge is 0.545 e. The summed E-state index contributed by atoms with van der Waals surface area (Å²) in [6, 6.07) is 11.9. The molecule has 30 heavy (non-hydrogen) atoms. The summed E-state index contributed by atoms with van der Waals surface area (Å²) in [5.41, 5.74) is 3.36. The Labute approximate surface area is 174 Å². The molecule has 2 aliphatic heterocycles. The molecule has 0 fully saturated rings. The molecule has 0 aliphatic carbocycles. The Morgan fingerprint density at radius 3 is 2.67 bits per heavy atom. The number of amides is 1. The van der Waals surface area contributed by atoms with Crippen molar-refractivity contribution in [2.24, 2.45) is 4.99 Å². The van der Waals surface area contributed by atoms with E-state index in [1.165, 1.54) is 28.0 Å². The monoisotopic (exact) mass is 419 g/mol. The SMILES string of the molecule is Cc1ccc2c(c1)/C(=c1/sc3n(c1=O)CN(c1ccc(C(=O)[O-])cc1)CN=3)C(=O)N2. The molecule has 0 unspecified atom stereocenters. The Morgan fingerprint density at radius 2 is 1.93 bits per heavy atom. The van der Waals surface area contributed by atoms with Crippen LogP contribution >= 0.6 is 11.3 Å². The van der Waals surface area contributed by atoms with E-state index in [-0.39, 0.29) is 23.7 Å². The highest BCUT2D eigenvalue weighted by Crippen LogP contribution is 2.30. The number of aromatic nitrogens is 1. The number of anilines is 2. The van der Waals surface area contributed by atoms with Gasteiger partial charge in [-0.1, -0.05) is 35.1 Å². The molecule has 150 valence electrons. The number of carbonyl (C=O) groups excluding carboxylic acids is 2. The van der Waals surface area contributed by atoms with Gasteiger partial charge in [0.05, 0.1) is 11.5 Å². The Kier molecular flexibility index (Phi) is 4.07. The summed E-state index contributed by atoms with van der Waals surface area (Å²) in [5.74, 6) is -1.53. The van der Waals surface area contributed by atoms with Gasteiger partial charge in [0.25, 0.3) is 11.5 Å². The molecule has 0 radical (unpaired) electrons. The Bertz CT molecular complexity index is 1400. The van der Waals surface area contributed by atoms with Gasteiger partial charge in [-0.25, -0.2) is 4.99 Å². The minimum Gasteiger partial charge on any atom is -0.545 e. The maximum atomic E-state index is 13.2. The summed E-state index contributed by atoms with van der Waals surface area (Å²) in [7, 11) is 0. The molecule has 8 nitrogen and oxygen atoms in total. The molecule has 3 aromatic rings. The summed E-state index contributed by atoms with van der Waals surface area (Å²) in [6.07, 6.45) is 0. The molecule has 9 heteroatoms. The van der Waals surface area contributed by atoms with Crippen molar-refractivity contribution in [3.63, 3.8) is 0 Å². The average molecular weight is 419 g/mol. The van der Waals surface area contributed by atoms with E-state index in [1.807, 2.05) is 30.0 Å². The van der Waals surface area contributed by atoms with E-state index in [2.05, 4.69) is 10.3 Å². The zero-order valence-electron chi connectivity index (χ0n) is 15.8. The first-order valence-corrected chi connectivity index (χ1v) is 10.0. The number of carboxylic acid groups (broad SMARTS) is 1. The highest BCUT2D eigenvalue weighted by Gasteiger charge is 2.28. The lowest BCUT2D eigenvalue weighted by atomic mass is 10.1. The van der Waals surface area contributed by atoms with Gasteiger partial charge in [0, 0.05) is 16.9 Å². The van der Waals surface area contributed by atoms with Crippen molar-refractivity contribution in [1.82, 2.24) is 4.57 Å². The van der Waals surface area contributed by atoms with Crippen LogP contribution in [0.4, 0.5) is 11.4 Å². The second-order valence-corrected chi connectivity index (χ2v) is 8.12. The maximum absolute atomic E-state index is 13.2. The Morgan fingerprint density at radius 1 is 1.17 bits per heavy atom. The summed E-state index contributed by atoms with van der Waals surface area (Å²) in [4.78, 5) is 43.6. The van der Waals surface area contributed by atoms with Crippen molar-refractivity contribution in [3.05, 3.63) is 78.8 Å². The van der Waals surface area contributed by atoms with Crippen LogP contribution in [0.1, 0.15) is 21.5 Å². The minimum atomic E-state index is -1.24. The van der Waals surface area contributed by atoms with Crippen LogP contribution in [0.2, 0.25) is 0 Å². The van der Waals surface area contributed by atoms with Gasteiger partial charge in [0.1, 0.15) is 17.9 Å². The molecule has 5 rings (SSSR count). The summed E-state index contributed by atoms with van der Waals surface area (Å²) in [5, 5.41) is 13.8. The van der Waals surface area contributed by atoms with E-state index >= 15 is 0 Å². The smallest absolute Gasteiger partial charge is 0.272 e. The molecule has 2 aliphatic rings. The second-order valence-electron chi connectivity index (χ2n) is 7.14. The van der Waals surface area contributed by atoms with E-state index in [4.69, 9.17) is 0 Å². The van der Waals surface area contributed by atoms with Crippen molar-refractivity contribution in [1.29, 1.82) is 0 Å². The van der Waals surface area contributed by atoms with Gasteiger partial charge in [-0.2, -0.15) is 0 Å². The normalized spacial score (nSPS) is 16.6. The van der Waals surface area contributed by atoms with Crippen LogP contribution in [0.25, 0.3) is 5.57 Å². The Balaban J connectivity index is 1.59. The Hall–Kier alpha value is -3.72. The number of thiazole rings is 1. The summed E-state index contributed by atoms with van der Waals surface area (Å²) in [6.45, 7) is 2.52. The third-order valence-electron chi connectivity index (χ3n) is 5.17. The molecular weight excluding hydrogens is 404 g/mol. The molecule has 3 heterocycles. The number of nitrogens with one attached hydrogen (secondary N) is 1. The zero-order valence-corrected chi connectivity index (χ0v) is 16.7. The van der Waals surface area contributed by atoms with E-state index in [0.29, 0.717) is 27.3 Å². The zero-order chi connectivity index (χ0) is 21.0. The highest BCUT2D eigenvalue weighted by molar-refractivity contribution is 7.07. The van der Waals surface area contributed by atoms with E-state index in [9.17, 15) is 19.5 Å². The fraction of sp³-hybridized carbons (Fsp3) is 0.143. The van der Waals surface area contributed by atoms with Crippen LogP contribution in [0, 0.1) is 6.92 Å². The van der Waals surface area contributed by atoms with Gasteiger partial charge in [-0.05, 0) is 36.8 Å². The molecular formula is C21H15N4O4S-. The lowest BCUT2D eigenvalue weighted by Crippen LogP contribution is -2.43. The predicted octanol–water partition coefficient (Wildman–Crippen LogP) is -0.212. The first-order chi connectivity index (χ1) is 14.4. The number of aromatic carboxylic acids is 1. The molecule has 1 amide bonds. The van der Waals surface area contributed by atoms with E-state index < -0.39 is 5.97 Å². The first-order valence-electron chi connectivity index (χ1n) is 9.19. The number of carbonyl (C=O) groups is 2. The standard InChI is InChI=1S/C21H16N4O4S/c1-11-2-7-15-14(8-11)16(18(26)23-15)17-19(27)25-10-24(9-22-21(25)30-17)13-5-3-12(4-6-13)20(28)29/h2-8H,9-10H2,1H3,(H,23,26)(H,28,29)/p-1/b17-16-. The predicted molar refractivity (Wildman–Crippen MR) is 110 cm³/mol. The van der Waals surface area contributed by atoms with Crippen molar-refractivity contribution in [3.8, 4) is 0 Å². The molecule has 0 saturated heterocycles. The fourth-order valence-corrected chi connectivity index (χ4v) is 4.70. The van der Waals surface area contributed by atoms with Gasteiger partial charge in [0.2, 0.25) is 0 Å².